The summed E-state index contributed by atoms with van der Waals surface area (Å²) >= 11 is 0. The first-order chi connectivity index (χ1) is 9.98. The molecule has 0 amide bonds. The van der Waals surface area contributed by atoms with E-state index < -0.39 is 14.9 Å². The number of nitro benzene ring substituents is 1. The van der Waals surface area contributed by atoms with Crippen LogP contribution >= 0.6 is 12.4 Å². The molecule has 2 atom stereocenters. The molecule has 2 aliphatic rings. The van der Waals surface area contributed by atoms with Gasteiger partial charge in [0.1, 0.15) is 0 Å². The summed E-state index contributed by atoms with van der Waals surface area (Å²) in [5.41, 5.74) is -0.200. The number of nitro groups is 1. The molecule has 0 radical (unpaired) electrons. The average molecular weight is 348 g/mol. The highest BCUT2D eigenvalue weighted by Gasteiger charge is 2.37. The lowest BCUT2D eigenvalue weighted by Crippen LogP contribution is -2.43. The van der Waals surface area contributed by atoms with Gasteiger partial charge in [0.25, 0.3) is 5.69 Å². The molecule has 0 saturated carbocycles. The second-order valence-electron chi connectivity index (χ2n) is 5.58. The minimum atomic E-state index is -3.66. The normalized spacial score (nSPS) is 25.3. The Kier molecular flexibility index (Phi) is 5.06. The third kappa shape index (κ3) is 3.10. The smallest absolute Gasteiger partial charge is 0.270 e. The van der Waals surface area contributed by atoms with Crippen LogP contribution in [0.3, 0.4) is 0 Å². The minimum Gasteiger partial charge on any atom is -0.316 e. The first-order valence-electron chi connectivity index (χ1n) is 6.94. The van der Waals surface area contributed by atoms with E-state index in [9.17, 15) is 18.5 Å². The van der Waals surface area contributed by atoms with Crippen LogP contribution in [-0.4, -0.2) is 43.8 Å². The minimum absolute atomic E-state index is 0. The Morgan fingerprint density at radius 1 is 1.27 bits per heavy atom. The van der Waals surface area contributed by atoms with Crippen molar-refractivity contribution in [3.05, 3.63) is 34.4 Å². The van der Waals surface area contributed by atoms with Crippen molar-refractivity contribution < 1.29 is 13.3 Å². The molecule has 2 aliphatic heterocycles. The molecular formula is C13H18ClN3O4S. The Bertz CT molecular complexity index is 667. The summed E-state index contributed by atoms with van der Waals surface area (Å²) in [4.78, 5) is 10.2. The van der Waals surface area contributed by atoms with Crippen molar-refractivity contribution in [2.24, 2.45) is 11.8 Å². The van der Waals surface area contributed by atoms with Gasteiger partial charge in [0.2, 0.25) is 10.0 Å². The van der Waals surface area contributed by atoms with Gasteiger partial charge in [0, 0.05) is 25.2 Å². The van der Waals surface area contributed by atoms with Crippen LogP contribution in [0.1, 0.15) is 6.42 Å². The largest absolute Gasteiger partial charge is 0.316 e. The van der Waals surface area contributed by atoms with E-state index in [1.165, 1.54) is 22.5 Å². The first kappa shape index (κ1) is 17.1. The van der Waals surface area contributed by atoms with E-state index >= 15 is 0 Å². The molecule has 122 valence electrons. The van der Waals surface area contributed by atoms with Crippen LogP contribution in [0.2, 0.25) is 0 Å². The zero-order valence-electron chi connectivity index (χ0n) is 11.8. The van der Waals surface area contributed by atoms with Crippen LogP contribution in [-0.2, 0) is 10.0 Å². The monoisotopic (exact) mass is 347 g/mol. The van der Waals surface area contributed by atoms with Gasteiger partial charge in [-0.15, -0.1) is 12.4 Å². The summed E-state index contributed by atoms with van der Waals surface area (Å²) in [6.07, 6.45) is 0.839. The van der Waals surface area contributed by atoms with E-state index in [0.29, 0.717) is 24.9 Å². The molecule has 1 N–H and O–H groups in total. The Hall–Kier alpha value is -1.22. The highest BCUT2D eigenvalue weighted by atomic mass is 35.5. The number of rotatable bonds is 3. The Morgan fingerprint density at radius 3 is 2.73 bits per heavy atom. The van der Waals surface area contributed by atoms with Crippen molar-refractivity contribution >= 4 is 28.1 Å². The van der Waals surface area contributed by atoms with Crippen molar-refractivity contribution in [3.63, 3.8) is 0 Å². The Labute approximate surface area is 135 Å². The van der Waals surface area contributed by atoms with Gasteiger partial charge in [0.15, 0.2) is 0 Å². The van der Waals surface area contributed by atoms with Crippen LogP contribution < -0.4 is 5.32 Å². The summed E-state index contributed by atoms with van der Waals surface area (Å²) in [7, 11) is -3.66. The number of nitrogens with zero attached hydrogens (tertiary/aromatic N) is 2. The summed E-state index contributed by atoms with van der Waals surface area (Å²) in [5, 5.41) is 14.1. The second-order valence-corrected chi connectivity index (χ2v) is 7.52. The van der Waals surface area contributed by atoms with Gasteiger partial charge in [-0.2, -0.15) is 4.31 Å². The molecule has 0 bridgehead atoms. The predicted octanol–water partition coefficient (Wildman–Crippen LogP) is 1.25. The number of sulfonamides is 1. The number of fused-ring (bicyclic) bond motifs is 1. The van der Waals surface area contributed by atoms with Crippen LogP contribution in [0.4, 0.5) is 5.69 Å². The molecule has 9 heteroatoms. The maximum Gasteiger partial charge on any atom is 0.270 e. The molecule has 1 aromatic rings. The lowest BCUT2D eigenvalue weighted by molar-refractivity contribution is -0.385. The topological polar surface area (TPSA) is 92.5 Å². The molecule has 22 heavy (non-hydrogen) atoms. The third-order valence-electron chi connectivity index (χ3n) is 4.33. The highest BCUT2D eigenvalue weighted by molar-refractivity contribution is 7.89. The van der Waals surface area contributed by atoms with Gasteiger partial charge in [-0.25, -0.2) is 8.42 Å². The SMILES string of the molecule is Cl.O=[N+]([O-])c1cccc(S(=O)(=O)N2CCC3CNCC3C2)c1. The highest BCUT2D eigenvalue weighted by Crippen LogP contribution is 2.30. The van der Waals surface area contributed by atoms with Gasteiger partial charge in [0.05, 0.1) is 9.82 Å². The third-order valence-corrected chi connectivity index (χ3v) is 6.19. The molecule has 1 aromatic carbocycles. The number of nitrogens with one attached hydrogen (secondary N) is 1. The van der Waals surface area contributed by atoms with Gasteiger partial charge in [-0.05, 0) is 37.4 Å². The molecule has 7 nitrogen and oxygen atoms in total. The van der Waals surface area contributed by atoms with E-state index in [2.05, 4.69) is 5.32 Å². The van der Waals surface area contributed by atoms with Crippen molar-refractivity contribution in [1.29, 1.82) is 0 Å². The molecular weight excluding hydrogens is 330 g/mol. The summed E-state index contributed by atoms with van der Waals surface area (Å²) < 4.78 is 26.7. The van der Waals surface area contributed by atoms with E-state index in [1.807, 2.05) is 0 Å². The van der Waals surface area contributed by atoms with Crippen LogP contribution in [0, 0.1) is 22.0 Å². The number of piperidine rings is 1. The molecule has 0 aliphatic carbocycles. The Balaban J connectivity index is 0.00000176. The average Bonchev–Trinajstić information content (AvgIpc) is 2.94. The predicted molar refractivity (Wildman–Crippen MR) is 83.6 cm³/mol. The van der Waals surface area contributed by atoms with Crippen molar-refractivity contribution in [2.75, 3.05) is 26.2 Å². The van der Waals surface area contributed by atoms with Gasteiger partial charge < -0.3 is 5.32 Å². The summed E-state index contributed by atoms with van der Waals surface area (Å²) in [6.45, 7) is 2.76. The first-order valence-corrected chi connectivity index (χ1v) is 8.38. The molecule has 2 heterocycles. The number of benzene rings is 1. The zero-order valence-corrected chi connectivity index (χ0v) is 13.5. The fourth-order valence-corrected chi connectivity index (χ4v) is 4.68. The molecule has 0 aromatic heterocycles. The van der Waals surface area contributed by atoms with Gasteiger partial charge in [-0.3, -0.25) is 10.1 Å². The number of hydrogen-bond donors (Lipinski definition) is 1. The van der Waals surface area contributed by atoms with Crippen LogP contribution in [0.15, 0.2) is 29.2 Å². The maximum absolute atomic E-state index is 12.6. The molecule has 2 unspecified atom stereocenters. The van der Waals surface area contributed by atoms with E-state index in [0.717, 1.165) is 25.6 Å². The molecule has 2 saturated heterocycles. The van der Waals surface area contributed by atoms with Crippen LogP contribution in [0.25, 0.3) is 0 Å². The number of halogens is 1. The van der Waals surface area contributed by atoms with E-state index in [1.54, 1.807) is 0 Å². The van der Waals surface area contributed by atoms with Gasteiger partial charge in [-0.1, -0.05) is 6.07 Å². The van der Waals surface area contributed by atoms with E-state index in [-0.39, 0.29) is 23.0 Å². The second kappa shape index (κ2) is 6.49. The van der Waals surface area contributed by atoms with Crippen molar-refractivity contribution in [2.45, 2.75) is 11.3 Å². The molecule has 2 fully saturated rings. The van der Waals surface area contributed by atoms with Crippen molar-refractivity contribution in [1.82, 2.24) is 9.62 Å². The van der Waals surface area contributed by atoms with Crippen molar-refractivity contribution in [3.8, 4) is 0 Å². The summed E-state index contributed by atoms with van der Waals surface area (Å²) in [6, 6.07) is 5.26. The maximum atomic E-state index is 12.6. The zero-order chi connectivity index (χ0) is 15.0. The van der Waals surface area contributed by atoms with Crippen LogP contribution in [0.5, 0.6) is 0 Å². The van der Waals surface area contributed by atoms with Gasteiger partial charge >= 0.3 is 0 Å². The molecule has 0 spiro atoms. The quantitative estimate of drug-likeness (QED) is 0.656. The number of hydrogen-bond acceptors (Lipinski definition) is 5. The Morgan fingerprint density at radius 2 is 2.00 bits per heavy atom. The lowest BCUT2D eigenvalue weighted by Gasteiger charge is -2.33. The fourth-order valence-electron chi connectivity index (χ4n) is 3.13. The van der Waals surface area contributed by atoms with E-state index in [4.69, 9.17) is 0 Å². The number of non-ortho nitro benzene ring substituents is 1. The summed E-state index contributed by atoms with van der Waals surface area (Å²) in [5.74, 6) is 0.883. The fraction of sp³-hybridized carbons (Fsp3) is 0.538. The standard InChI is InChI=1S/C13H17N3O4S.ClH/c17-16(18)12-2-1-3-13(6-12)21(19,20)15-5-4-10-7-14-8-11(10)9-15;/h1-3,6,10-11,14H,4-5,7-9H2;1H. The lowest BCUT2D eigenvalue weighted by atomic mass is 9.90. The molecule has 3 rings (SSSR count).